The summed E-state index contributed by atoms with van der Waals surface area (Å²) in [7, 11) is 0. The molecule has 0 aromatic carbocycles. The van der Waals surface area contributed by atoms with E-state index in [0.29, 0.717) is 0 Å². The fourth-order valence-corrected chi connectivity index (χ4v) is 2.84. The van der Waals surface area contributed by atoms with E-state index >= 15 is 0 Å². The normalized spacial score (nSPS) is 27.7. The Morgan fingerprint density at radius 3 is 2.44 bits per heavy atom. The summed E-state index contributed by atoms with van der Waals surface area (Å²) >= 11 is 0. The van der Waals surface area contributed by atoms with Crippen LogP contribution in [0.2, 0.25) is 0 Å². The van der Waals surface area contributed by atoms with Crippen molar-refractivity contribution >= 4 is 12.4 Å². The van der Waals surface area contributed by atoms with E-state index in [0.717, 1.165) is 30.6 Å². The molecule has 2 atom stereocenters. The smallest absolute Gasteiger partial charge is 0.149 e. The Labute approximate surface area is 102 Å². The van der Waals surface area contributed by atoms with Crippen LogP contribution in [0.1, 0.15) is 32.5 Å². The van der Waals surface area contributed by atoms with Gasteiger partial charge >= 0.3 is 0 Å². The molecule has 0 saturated heterocycles. The lowest BCUT2D eigenvalue weighted by molar-refractivity contribution is 0.285. The predicted octanol–water partition coefficient (Wildman–Crippen LogP) is 1.18. The minimum Gasteiger partial charge on any atom is -0.330 e. The van der Waals surface area contributed by atoms with E-state index in [2.05, 4.69) is 34.5 Å². The third-order valence-electron chi connectivity index (χ3n) is 3.85. The van der Waals surface area contributed by atoms with Crippen molar-refractivity contribution in [1.82, 2.24) is 20.6 Å². The topological polar surface area (TPSA) is 80.5 Å². The molecule has 5 nitrogen and oxygen atoms in total. The van der Waals surface area contributed by atoms with Crippen molar-refractivity contribution in [2.75, 3.05) is 6.54 Å². The summed E-state index contributed by atoms with van der Waals surface area (Å²) in [5.41, 5.74) is 6.14. The van der Waals surface area contributed by atoms with Crippen molar-refractivity contribution in [3.8, 4) is 0 Å². The van der Waals surface area contributed by atoms with E-state index in [9.17, 15) is 0 Å². The van der Waals surface area contributed by atoms with E-state index in [-0.39, 0.29) is 17.8 Å². The lowest BCUT2D eigenvalue weighted by Crippen LogP contribution is -2.31. The molecule has 1 saturated carbocycles. The molecule has 3 N–H and O–H groups in total. The number of tetrazole rings is 1. The van der Waals surface area contributed by atoms with Crippen LogP contribution >= 0.6 is 12.4 Å². The molecule has 1 heterocycles. The summed E-state index contributed by atoms with van der Waals surface area (Å²) in [4.78, 5) is 0. The number of nitrogens with zero attached hydrogens (tertiary/aromatic N) is 3. The minimum atomic E-state index is 0. The van der Waals surface area contributed by atoms with Crippen LogP contribution in [0.5, 0.6) is 0 Å². The molecule has 1 fully saturated rings. The number of rotatable bonds is 3. The molecular formula is C10H20ClN5. The number of aromatic amines is 1. The van der Waals surface area contributed by atoms with Gasteiger partial charge < -0.3 is 5.73 Å². The third kappa shape index (κ3) is 2.52. The zero-order valence-electron chi connectivity index (χ0n) is 9.81. The highest BCUT2D eigenvalue weighted by Crippen LogP contribution is 2.46. The van der Waals surface area contributed by atoms with Gasteiger partial charge in [-0.1, -0.05) is 13.8 Å². The molecule has 92 valence electrons. The maximum absolute atomic E-state index is 5.93. The molecule has 1 aromatic rings. The van der Waals surface area contributed by atoms with Crippen LogP contribution in [-0.4, -0.2) is 27.2 Å². The van der Waals surface area contributed by atoms with Crippen LogP contribution in [0.25, 0.3) is 0 Å². The van der Waals surface area contributed by atoms with Crippen LogP contribution in [0.4, 0.5) is 0 Å². The lowest BCUT2D eigenvalue weighted by Gasteiger charge is -2.26. The van der Waals surface area contributed by atoms with E-state index < -0.39 is 0 Å². The second-order valence-corrected chi connectivity index (χ2v) is 5.09. The molecule has 16 heavy (non-hydrogen) atoms. The summed E-state index contributed by atoms with van der Waals surface area (Å²) in [6.45, 7) is 5.34. The zero-order chi connectivity index (χ0) is 10.9. The largest absolute Gasteiger partial charge is 0.330 e. The first-order chi connectivity index (χ1) is 7.15. The Balaban J connectivity index is 0.00000128. The van der Waals surface area contributed by atoms with Gasteiger partial charge in [-0.15, -0.1) is 17.5 Å². The summed E-state index contributed by atoms with van der Waals surface area (Å²) in [6.07, 6.45) is 3.25. The van der Waals surface area contributed by atoms with Crippen molar-refractivity contribution < 1.29 is 0 Å². The molecule has 2 rings (SSSR count). The monoisotopic (exact) mass is 245 g/mol. The molecule has 0 bridgehead atoms. The highest BCUT2D eigenvalue weighted by Gasteiger charge is 2.41. The first-order valence-corrected chi connectivity index (χ1v) is 5.58. The van der Waals surface area contributed by atoms with E-state index in [1.165, 1.54) is 12.8 Å². The van der Waals surface area contributed by atoms with Crippen LogP contribution in [0, 0.1) is 17.3 Å². The molecule has 0 radical (unpaired) electrons. The fraction of sp³-hybridized carbons (Fsp3) is 0.900. The van der Waals surface area contributed by atoms with Crippen LogP contribution < -0.4 is 5.73 Å². The number of H-pyrrole nitrogens is 1. The van der Waals surface area contributed by atoms with E-state index in [1.54, 1.807) is 0 Å². The number of halogens is 1. The fourth-order valence-electron chi connectivity index (χ4n) is 2.84. The maximum atomic E-state index is 5.93. The van der Waals surface area contributed by atoms with Crippen molar-refractivity contribution in [1.29, 1.82) is 0 Å². The molecule has 6 heteroatoms. The second kappa shape index (κ2) is 5.10. The first kappa shape index (κ1) is 13.4. The van der Waals surface area contributed by atoms with Gasteiger partial charge in [-0.25, -0.2) is 5.10 Å². The van der Waals surface area contributed by atoms with Gasteiger partial charge in [0, 0.05) is 6.42 Å². The van der Waals surface area contributed by atoms with Crippen LogP contribution in [-0.2, 0) is 6.42 Å². The van der Waals surface area contributed by atoms with Gasteiger partial charge in [0.1, 0.15) is 5.82 Å². The predicted molar refractivity (Wildman–Crippen MR) is 64.2 cm³/mol. The number of hydrogen-bond acceptors (Lipinski definition) is 4. The Kier molecular flexibility index (Phi) is 4.27. The third-order valence-corrected chi connectivity index (χ3v) is 3.85. The molecule has 0 spiro atoms. The Hall–Kier alpha value is -0.680. The molecule has 1 aliphatic carbocycles. The van der Waals surface area contributed by atoms with Gasteiger partial charge in [-0.3, -0.25) is 0 Å². The lowest BCUT2D eigenvalue weighted by atomic mass is 9.81. The molecule has 1 aromatic heterocycles. The van der Waals surface area contributed by atoms with Gasteiger partial charge in [0.05, 0.1) is 0 Å². The van der Waals surface area contributed by atoms with E-state index in [1.807, 2.05) is 0 Å². The molecular weight excluding hydrogens is 226 g/mol. The highest BCUT2D eigenvalue weighted by molar-refractivity contribution is 5.85. The van der Waals surface area contributed by atoms with Gasteiger partial charge in [0.2, 0.25) is 0 Å². The molecule has 0 amide bonds. The summed E-state index contributed by atoms with van der Waals surface area (Å²) in [6, 6.07) is 0. The summed E-state index contributed by atoms with van der Waals surface area (Å²) in [5.74, 6) is 2.37. The average molecular weight is 246 g/mol. The van der Waals surface area contributed by atoms with Gasteiger partial charge in [0.25, 0.3) is 0 Å². The second-order valence-electron chi connectivity index (χ2n) is 5.09. The Bertz CT molecular complexity index is 303. The highest BCUT2D eigenvalue weighted by atomic mass is 35.5. The quantitative estimate of drug-likeness (QED) is 0.838. The van der Waals surface area contributed by atoms with E-state index in [4.69, 9.17) is 5.73 Å². The van der Waals surface area contributed by atoms with Crippen LogP contribution in [0.3, 0.4) is 0 Å². The molecule has 0 unspecified atom stereocenters. The van der Waals surface area contributed by atoms with Gasteiger partial charge in [-0.2, -0.15) is 0 Å². The SMILES string of the molecule is C[C@@H]1CC(CN)(Cc2nnn[nH]2)C[C@H]1C.Cl. The zero-order valence-corrected chi connectivity index (χ0v) is 10.6. The minimum absolute atomic E-state index is 0. The van der Waals surface area contributed by atoms with Crippen LogP contribution in [0.15, 0.2) is 0 Å². The van der Waals surface area contributed by atoms with Gasteiger partial charge in [0.15, 0.2) is 0 Å². The van der Waals surface area contributed by atoms with Crippen molar-refractivity contribution in [3.63, 3.8) is 0 Å². The molecule has 0 aliphatic heterocycles. The summed E-state index contributed by atoms with van der Waals surface area (Å²) < 4.78 is 0. The van der Waals surface area contributed by atoms with Crippen molar-refractivity contribution in [3.05, 3.63) is 5.82 Å². The molecule has 1 aliphatic rings. The summed E-state index contributed by atoms with van der Waals surface area (Å²) in [5, 5.41) is 14.0. The first-order valence-electron chi connectivity index (χ1n) is 5.58. The Morgan fingerprint density at radius 2 is 2.00 bits per heavy atom. The Morgan fingerprint density at radius 1 is 1.38 bits per heavy atom. The number of hydrogen-bond donors (Lipinski definition) is 2. The maximum Gasteiger partial charge on any atom is 0.149 e. The number of nitrogens with two attached hydrogens (primary N) is 1. The van der Waals surface area contributed by atoms with Gasteiger partial charge in [-0.05, 0) is 47.1 Å². The van der Waals surface area contributed by atoms with Crippen molar-refractivity contribution in [2.45, 2.75) is 33.1 Å². The van der Waals surface area contributed by atoms with Crippen molar-refractivity contribution in [2.24, 2.45) is 23.0 Å². The number of nitrogens with one attached hydrogen (secondary N) is 1. The number of aromatic nitrogens is 4. The average Bonchev–Trinajstić information content (AvgIpc) is 2.78. The standard InChI is InChI=1S/C10H19N5.ClH/c1-7-3-10(6-11,4-8(7)2)5-9-12-14-15-13-9;/h7-8H,3-6,11H2,1-2H3,(H,12,13,14,15);1H/t7-,8-;/m1./s1.